The third-order valence-electron chi connectivity index (χ3n) is 2.98. The van der Waals surface area contributed by atoms with Crippen molar-refractivity contribution in [3.8, 4) is 0 Å². The lowest BCUT2D eigenvalue weighted by atomic mass is 10.2. The molecule has 112 valence electrons. The minimum atomic E-state index is 0.772. The van der Waals surface area contributed by atoms with E-state index < -0.39 is 0 Å². The Morgan fingerprint density at radius 3 is 1.84 bits per heavy atom. The van der Waals surface area contributed by atoms with Gasteiger partial charge in [0.15, 0.2) is 0 Å². The second kappa shape index (κ2) is 10.8. The molecule has 4 heteroatoms. The molecule has 0 fully saturated rings. The maximum atomic E-state index is 4.69. The average Bonchev–Trinajstić information content (AvgIpc) is 2.38. The molecule has 0 rings (SSSR count). The van der Waals surface area contributed by atoms with Gasteiger partial charge in [-0.1, -0.05) is 26.7 Å². The molecule has 0 saturated heterocycles. The van der Waals surface area contributed by atoms with Crippen molar-refractivity contribution < 1.29 is 0 Å². The molecular formula is C15H32N4. The van der Waals surface area contributed by atoms with Crippen LogP contribution in [0, 0.1) is 0 Å². The topological polar surface area (TPSA) is 31.2 Å². The fraction of sp³-hybridized carbons (Fsp3) is 0.867. The third-order valence-corrected chi connectivity index (χ3v) is 2.98. The fourth-order valence-electron chi connectivity index (χ4n) is 1.77. The average molecular weight is 268 g/mol. The molecule has 0 bridgehead atoms. The number of rotatable bonds is 7. The number of guanidine groups is 1. The summed E-state index contributed by atoms with van der Waals surface area (Å²) in [5.74, 6) is 1.90. The number of hydrogen-bond acceptors (Lipinski definition) is 1. The molecule has 0 aliphatic carbocycles. The molecule has 0 unspecified atom stereocenters. The third kappa shape index (κ3) is 7.85. The summed E-state index contributed by atoms with van der Waals surface area (Å²) >= 11 is 0. The van der Waals surface area contributed by atoms with Crippen molar-refractivity contribution >= 4 is 11.8 Å². The first-order chi connectivity index (χ1) is 9.06. The van der Waals surface area contributed by atoms with E-state index in [1.54, 1.807) is 0 Å². The standard InChI is InChI=1S/C15H32N4/c1-7-10-12-19(13-11-8-2)14(4)17-15(16-9-3)18(5)6/h7-13H2,1-6H3/b16-15?,17-14+. The quantitative estimate of drug-likeness (QED) is 0.524. The molecule has 0 heterocycles. The Morgan fingerprint density at radius 1 is 0.947 bits per heavy atom. The SMILES string of the molecule is CCCCN(CCCC)/C(C)=N/C(=NCC)N(C)C. The van der Waals surface area contributed by atoms with Gasteiger partial charge in [0, 0.05) is 33.7 Å². The van der Waals surface area contributed by atoms with Crippen LogP contribution < -0.4 is 0 Å². The predicted octanol–water partition coefficient (Wildman–Crippen LogP) is 3.24. The zero-order valence-corrected chi connectivity index (χ0v) is 13.7. The molecule has 0 aromatic rings. The van der Waals surface area contributed by atoms with Crippen LogP contribution in [0.2, 0.25) is 0 Å². The second-order valence-corrected chi connectivity index (χ2v) is 5.02. The van der Waals surface area contributed by atoms with Crippen molar-refractivity contribution in [1.82, 2.24) is 9.80 Å². The van der Waals surface area contributed by atoms with Gasteiger partial charge in [-0.25, -0.2) is 4.99 Å². The van der Waals surface area contributed by atoms with Gasteiger partial charge in [0.05, 0.1) is 0 Å². The van der Waals surface area contributed by atoms with Crippen molar-refractivity contribution in [2.24, 2.45) is 9.98 Å². The molecule has 0 amide bonds. The summed E-state index contributed by atoms with van der Waals surface area (Å²) in [5.41, 5.74) is 0. The summed E-state index contributed by atoms with van der Waals surface area (Å²) in [6, 6.07) is 0. The van der Waals surface area contributed by atoms with Crippen molar-refractivity contribution in [3.05, 3.63) is 0 Å². The van der Waals surface area contributed by atoms with Crippen LogP contribution in [0.3, 0.4) is 0 Å². The van der Waals surface area contributed by atoms with Crippen LogP contribution >= 0.6 is 0 Å². The molecule has 0 atom stereocenters. The Labute approximate surface area is 119 Å². The van der Waals surface area contributed by atoms with Crippen LogP contribution in [-0.4, -0.2) is 55.3 Å². The first-order valence-electron chi connectivity index (χ1n) is 7.58. The molecule has 0 aromatic carbocycles. The number of unbranched alkanes of at least 4 members (excludes halogenated alkanes) is 2. The maximum absolute atomic E-state index is 4.69. The van der Waals surface area contributed by atoms with E-state index in [9.17, 15) is 0 Å². The van der Waals surface area contributed by atoms with Crippen molar-refractivity contribution in [2.45, 2.75) is 53.4 Å². The molecule has 0 aliphatic heterocycles. The zero-order chi connectivity index (χ0) is 14.7. The van der Waals surface area contributed by atoms with Crippen molar-refractivity contribution in [3.63, 3.8) is 0 Å². The predicted molar refractivity (Wildman–Crippen MR) is 86.2 cm³/mol. The Bertz CT molecular complexity index is 274. The highest BCUT2D eigenvalue weighted by Crippen LogP contribution is 2.02. The van der Waals surface area contributed by atoms with Crippen LogP contribution in [0.15, 0.2) is 9.98 Å². The summed E-state index contributed by atoms with van der Waals surface area (Å²) in [6.45, 7) is 11.6. The lowest BCUT2D eigenvalue weighted by Crippen LogP contribution is -2.33. The largest absolute Gasteiger partial charge is 0.360 e. The highest BCUT2D eigenvalue weighted by molar-refractivity contribution is 5.94. The Hall–Kier alpha value is -1.06. The smallest absolute Gasteiger partial charge is 0.221 e. The lowest BCUT2D eigenvalue weighted by Gasteiger charge is -2.25. The molecular weight excluding hydrogens is 236 g/mol. The number of nitrogens with zero attached hydrogens (tertiary/aromatic N) is 4. The lowest BCUT2D eigenvalue weighted by molar-refractivity contribution is 0.396. The summed E-state index contributed by atoms with van der Waals surface area (Å²) in [6.07, 6.45) is 4.89. The van der Waals surface area contributed by atoms with E-state index in [4.69, 9.17) is 4.99 Å². The van der Waals surface area contributed by atoms with Gasteiger partial charge in [-0.15, -0.1) is 0 Å². The van der Waals surface area contributed by atoms with Crippen LogP contribution in [0.1, 0.15) is 53.4 Å². The molecule has 4 nitrogen and oxygen atoms in total. The minimum Gasteiger partial charge on any atom is -0.360 e. The summed E-state index contributed by atoms with van der Waals surface area (Å²) < 4.78 is 0. The second-order valence-electron chi connectivity index (χ2n) is 5.02. The van der Waals surface area contributed by atoms with E-state index in [2.05, 4.69) is 30.7 Å². The van der Waals surface area contributed by atoms with Gasteiger partial charge >= 0.3 is 0 Å². The number of hydrogen-bond donors (Lipinski definition) is 0. The highest BCUT2D eigenvalue weighted by Gasteiger charge is 2.08. The van der Waals surface area contributed by atoms with Gasteiger partial charge < -0.3 is 9.80 Å². The molecule has 0 aliphatic rings. The van der Waals surface area contributed by atoms with Gasteiger partial charge in [0.25, 0.3) is 0 Å². The molecule has 19 heavy (non-hydrogen) atoms. The van der Waals surface area contributed by atoms with Crippen LogP contribution in [-0.2, 0) is 0 Å². The van der Waals surface area contributed by atoms with Gasteiger partial charge in [0.1, 0.15) is 5.84 Å². The van der Waals surface area contributed by atoms with Gasteiger partial charge in [-0.2, -0.15) is 0 Å². The highest BCUT2D eigenvalue weighted by atomic mass is 15.3. The van der Waals surface area contributed by atoms with Crippen molar-refractivity contribution in [2.75, 3.05) is 33.7 Å². The number of aliphatic imine (C=N–C) groups is 2. The van der Waals surface area contributed by atoms with Crippen LogP contribution in [0.5, 0.6) is 0 Å². The van der Waals surface area contributed by atoms with Crippen molar-refractivity contribution in [1.29, 1.82) is 0 Å². The summed E-state index contributed by atoms with van der Waals surface area (Å²) in [7, 11) is 3.99. The summed E-state index contributed by atoms with van der Waals surface area (Å²) in [4.78, 5) is 13.5. The first kappa shape index (κ1) is 17.9. The van der Waals surface area contributed by atoms with E-state index in [0.717, 1.165) is 31.4 Å². The molecule has 0 aromatic heterocycles. The first-order valence-corrected chi connectivity index (χ1v) is 7.58. The zero-order valence-electron chi connectivity index (χ0n) is 13.7. The Balaban J connectivity index is 4.81. The normalized spacial score (nSPS) is 12.7. The van der Waals surface area contributed by atoms with Gasteiger partial charge in [-0.05, 0) is 26.7 Å². The minimum absolute atomic E-state index is 0.772. The summed E-state index contributed by atoms with van der Waals surface area (Å²) in [5, 5.41) is 0. The van der Waals surface area contributed by atoms with Gasteiger partial charge in [-0.3, -0.25) is 4.99 Å². The van der Waals surface area contributed by atoms with E-state index in [1.165, 1.54) is 25.7 Å². The fourth-order valence-corrected chi connectivity index (χ4v) is 1.77. The van der Waals surface area contributed by atoms with Crippen LogP contribution in [0.25, 0.3) is 0 Å². The Morgan fingerprint density at radius 2 is 1.47 bits per heavy atom. The molecule has 0 spiro atoms. The van der Waals surface area contributed by atoms with E-state index in [1.807, 2.05) is 25.9 Å². The Kier molecular flexibility index (Phi) is 10.2. The molecule has 0 radical (unpaired) electrons. The van der Waals surface area contributed by atoms with Gasteiger partial charge in [0.2, 0.25) is 5.96 Å². The number of amidine groups is 1. The van der Waals surface area contributed by atoms with E-state index >= 15 is 0 Å². The van der Waals surface area contributed by atoms with E-state index in [0.29, 0.717) is 0 Å². The maximum Gasteiger partial charge on any atom is 0.221 e. The van der Waals surface area contributed by atoms with Crippen LogP contribution in [0.4, 0.5) is 0 Å². The van der Waals surface area contributed by atoms with E-state index in [-0.39, 0.29) is 0 Å². The molecule has 0 N–H and O–H groups in total. The monoisotopic (exact) mass is 268 g/mol. The molecule has 0 saturated carbocycles.